The predicted octanol–water partition coefficient (Wildman–Crippen LogP) is 1.96. The van der Waals surface area contributed by atoms with Crippen LogP contribution in [0.5, 0.6) is 0 Å². The first kappa shape index (κ1) is 16.6. The van der Waals surface area contributed by atoms with Gasteiger partial charge < -0.3 is 9.64 Å². The van der Waals surface area contributed by atoms with E-state index < -0.39 is 0 Å². The number of rotatable bonds is 3. The maximum absolute atomic E-state index is 12.8. The fourth-order valence-corrected chi connectivity index (χ4v) is 4.26. The van der Waals surface area contributed by atoms with Gasteiger partial charge in [0.15, 0.2) is 0 Å². The first-order valence-electron chi connectivity index (χ1n) is 8.66. The molecule has 0 bridgehead atoms. The van der Waals surface area contributed by atoms with Crippen molar-refractivity contribution in [1.82, 2.24) is 19.8 Å². The number of carbonyl (C=O) groups excluding carboxylic acids is 1. The van der Waals surface area contributed by atoms with Crippen LogP contribution in [0.1, 0.15) is 27.5 Å². The number of aromatic nitrogens is 2. The molecule has 4 rings (SSSR count). The zero-order valence-corrected chi connectivity index (χ0v) is 15.1. The SMILES string of the molecule is Cc1nc(C(=O)N2CC[C@@H]3OCCN(Cc4ccncc4)[C@H]3C2)cs1. The summed E-state index contributed by atoms with van der Waals surface area (Å²) < 4.78 is 5.98. The molecule has 2 aromatic heterocycles. The molecule has 0 saturated carbocycles. The predicted molar refractivity (Wildman–Crippen MR) is 95.5 cm³/mol. The number of ether oxygens (including phenoxy) is 1. The van der Waals surface area contributed by atoms with Gasteiger partial charge in [-0.05, 0) is 31.0 Å². The molecule has 2 atom stereocenters. The number of fused-ring (bicyclic) bond motifs is 1. The molecule has 132 valence electrons. The van der Waals surface area contributed by atoms with Crippen LogP contribution >= 0.6 is 11.3 Å². The molecule has 4 heterocycles. The van der Waals surface area contributed by atoms with Gasteiger partial charge in [0.2, 0.25) is 0 Å². The molecule has 0 radical (unpaired) electrons. The quantitative estimate of drug-likeness (QED) is 0.839. The van der Waals surface area contributed by atoms with E-state index in [1.165, 1.54) is 16.9 Å². The zero-order valence-electron chi connectivity index (χ0n) is 14.3. The molecule has 2 aliphatic heterocycles. The molecule has 25 heavy (non-hydrogen) atoms. The highest BCUT2D eigenvalue weighted by molar-refractivity contribution is 7.09. The summed E-state index contributed by atoms with van der Waals surface area (Å²) in [7, 11) is 0. The van der Waals surface area contributed by atoms with Crippen LogP contribution in [0.15, 0.2) is 29.9 Å². The van der Waals surface area contributed by atoms with Crippen LogP contribution in [0.25, 0.3) is 0 Å². The number of piperidine rings is 1. The van der Waals surface area contributed by atoms with Gasteiger partial charge in [0, 0.05) is 44.0 Å². The summed E-state index contributed by atoms with van der Waals surface area (Å²) in [6, 6.07) is 4.34. The minimum atomic E-state index is 0.0391. The summed E-state index contributed by atoms with van der Waals surface area (Å²) in [5.74, 6) is 0.0391. The van der Waals surface area contributed by atoms with Crippen molar-refractivity contribution in [2.45, 2.75) is 32.0 Å². The molecule has 6 nitrogen and oxygen atoms in total. The van der Waals surface area contributed by atoms with Crippen LogP contribution in [-0.2, 0) is 11.3 Å². The lowest BCUT2D eigenvalue weighted by atomic mass is 9.98. The van der Waals surface area contributed by atoms with E-state index in [9.17, 15) is 4.79 Å². The summed E-state index contributed by atoms with van der Waals surface area (Å²) in [6.07, 6.45) is 4.74. The van der Waals surface area contributed by atoms with Gasteiger partial charge in [0.05, 0.1) is 23.8 Å². The first-order valence-corrected chi connectivity index (χ1v) is 9.54. The molecule has 2 aliphatic rings. The standard InChI is InChI=1S/C18H22N4O2S/c1-13-20-15(12-25-13)18(23)22-7-4-17-16(11-22)21(8-9-24-17)10-14-2-5-19-6-3-14/h2-3,5-6,12,16-17H,4,7-11H2,1H3/t16-,17-/m0/s1. The van der Waals surface area contributed by atoms with Crippen molar-refractivity contribution in [3.8, 4) is 0 Å². The molecule has 2 saturated heterocycles. The Morgan fingerprint density at radius 3 is 2.96 bits per heavy atom. The Labute approximate surface area is 151 Å². The minimum absolute atomic E-state index is 0.0391. The average molecular weight is 358 g/mol. The monoisotopic (exact) mass is 358 g/mol. The smallest absolute Gasteiger partial charge is 0.273 e. The number of morpholine rings is 1. The molecule has 0 aromatic carbocycles. The van der Waals surface area contributed by atoms with Crippen molar-refractivity contribution in [3.63, 3.8) is 0 Å². The van der Waals surface area contributed by atoms with Crippen molar-refractivity contribution in [3.05, 3.63) is 46.2 Å². The average Bonchev–Trinajstić information content (AvgIpc) is 3.08. The zero-order chi connectivity index (χ0) is 17.2. The van der Waals surface area contributed by atoms with Crippen LogP contribution in [0.2, 0.25) is 0 Å². The second kappa shape index (κ2) is 7.19. The molecule has 0 spiro atoms. The lowest BCUT2D eigenvalue weighted by Gasteiger charge is -2.47. The van der Waals surface area contributed by atoms with E-state index in [4.69, 9.17) is 4.74 Å². The van der Waals surface area contributed by atoms with Crippen molar-refractivity contribution in [1.29, 1.82) is 0 Å². The van der Waals surface area contributed by atoms with Crippen molar-refractivity contribution >= 4 is 17.2 Å². The fraction of sp³-hybridized carbons (Fsp3) is 0.500. The minimum Gasteiger partial charge on any atom is -0.375 e. The highest BCUT2D eigenvalue weighted by Gasteiger charge is 2.38. The maximum atomic E-state index is 12.8. The van der Waals surface area contributed by atoms with Crippen molar-refractivity contribution in [2.24, 2.45) is 0 Å². The maximum Gasteiger partial charge on any atom is 0.273 e. The molecule has 0 N–H and O–H groups in total. The first-order chi connectivity index (χ1) is 12.2. The number of carbonyl (C=O) groups is 1. The van der Waals surface area contributed by atoms with Crippen LogP contribution < -0.4 is 0 Å². The van der Waals surface area contributed by atoms with Gasteiger partial charge in [-0.2, -0.15) is 0 Å². The topological polar surface area (TPSA) is 58.6 Å². The van der Waals surface area contributed by atoms with E-state index in [0.29, 0.717) is 12.2 Å². The highest BCUT2D eigenvalue weighted by atomic mass is 32.1. The number of hydrogen-bond acceptors (Lipinski definition) is 6. The number of likely N-dealkylation sites (tertiary alicyclic amines) is 1. The largest absolute Gasteiger partial charge is 0.375 e. The number of thiazole rings is 1. The van der Waals surface area contributed by atoms with E-state index in [-0.39, 0.29) is 18.1 Å². The Balaban J connectivity index is 1.48. The Kier molecular flexibility index (Phi) is 4.78. The molecule has 1 amide bonds. The molecule has 7 heteroatoms. The summed E-state index contributed by atoms with van der Waals surface area (Å²) >= 11 is 1.52. The third-order valence-electron chi connectivity index (χ3n) is 4.96. The van der Waals surface area contributed by atoms with E-state index in [1.54, 1.807) is 0 Å². The normalized spacial score (nSPS) is 24.1. The Morgan fingerprint density at radius 2 is 2.20 bits per heavy atom. The second-order valence-corrected chi connectivity index (χ2v) is 7.66. The van der Waals surface area contributed by atoms with Crippen molar-refractivity contribution in [2.75, 3.05) is 26.2 Å². The van der Waals surface area contributed by atoms with E-state index in [0.717, 1.165) is 37.7 Å². The van der Waals surface area contributed by atoms with Crippen LogP contribution in [0, 0.1) is 6.92 Å². The number of hydrogen-bond donors (Lipinski definition) is 0. The molecule has 0 unspecified atom stereocenters. The summed E-state index contributed by atoms with van der Waals surface area (Å²) in [5, 5.41) is 2.79. The molecular formula is C18H22N4O2S. The van der Waals surface area contributed by atoms with Gasteiger partial charge in [0.25, 0.3) is 5.91 Å². The van der Waals surface area contributed by atoms with Crippen LogP contribution in [-0.4, -0.2) is 64.1 Å². The van der Waals surface area contributed by atoms with Gasteiger partial charge >= 0.3 is 0 Å². The summed E-state index contributed by atoms with van der Waals surface area (Å²) in [5.41, 5.74) is 1.81. The molecule has 2 aromatic rings. The Morgan fingerprint density at radius 1 is 1.36 bits per heavy atom. The van der Waals surface area contributed by atoms with Gasteiger partial charge in [-0.3, -0.25) is 14.7 Å². The number of nitrogens with zero attached hydrogens (tertiary/aromatic N) is 4. The van der Waals surface area contributed by atoms with E-state index in [2.05, 4.69) is 14.9 Å². The third-order valence-corrected chi connectivity index (χ3v) is 5.73. The van der Waals surface area contributed by atoms with Crippen LogP contribution in [0.3, 0.4) is 0 Å². The van der Waals surface area contributed by atoms with Gasteiger partial charge in [-0.1, -0.05) is 0 Å². The van der Waals surface area contributed by atoms with E-state index in [1.807, 2.05) is 41.7 Å². The Hall–Kier alpha value is -1.83. The van der Waals surface area contributed by atoms with E-state index >= 15 is 0 Å². The lowest BCUT2D eigenvalue weighted by Crippen LogP contribution is -2.60. The van der Waals surface area contributed by atoms with Crippen LogP contribution in [0.4, 0.5) is 0 Å². The van der Waals surface area contributed by atoms with Gasteiger partial charge in [0.1, 0.15) is 5.69 Å². The highest BCUT2D eigenvalue weighted by Crippen LogP contribution is 2.25. The Bertz CT molecular complexity index is 736. The molecular weight excluding hydrogens is 336 g/mol. The number of pyridine rings is 1. The lowest BCUT2D eigenvalue weighted by molar-refractivity contribution is -0.101. The summed E-state index contributed by atoms with van der Waals surface area (Å²) in [6.45, 7) is 5.88. The number of aryl methyl sites for hydroxylation is 1. The molecule has 2 fully saturated rings. The molecule has 0 aliphatic carbocycles. The van der Waals surface area contributed by atoms with Gasteiger partial charge in [-0.25, -0.2) is 4.98 Å². The van der Waals surface area contributed by atoms with Crippen molar-refractivity contribution < 1.29 is 9.53 Å². The number of amides is 1. The van der Waals surface area contributed by atoms with Gasteiger partial charge in [-0.15, -0.1) is 11.3 Å². The third kappa shape index (κ3) is 3.58. The fourth-order valence-electron chi connectivity index (χ4n) is 3.67. The summed E-state index contributed by atoms with van der Waals surface area (Å²) in [4.78, 5) is 25.6. The second-order valence-electron chi connectivity index (χ2n) is 6.59.